The van der Waals surface area contributed by atoms with Crippen molar-refractivity contribution in [1.29, 1.82) is 0 Å². The summed E-state index contributed by atoms with van der Waals surface area (Å²) < 4.78 is 14.8. The van der Waals surface area contributed by atoms with Gasteiger partial charge in [-0.3, -0.25) is 9.59 Å². The van der Waals surface area contributed by atoms with Gasteiger partial charge in [0.1, 0.15) is 5.82 Å². The first-order valence-corrected chi connectivity index (χ1v) is 9.07. The molecule has 3 aromatic rings. The van der Waals surface area contributed by atoms with E-state index in [9.17, 15) is 14.0 Å². The molecular weight excluding hydrogens is 371 g/mol. The Balaban J connectivity index is 1.61. The average molecular weight is 392 g/mol. The van der Waals surface area contributed by atoms with Gasteiger partial charge in [0.2, 0.25) is 11.8 Å². The van der Waals surface area contributed by atoms with Gasteiger partial charge >= 0.3 is 0 Å². The van der Waals surface area contributed by atoms with Crippen LogP contribution in [0.25, 0.3) is 11.8 Å². The van der Waals surface area contributed by atoms with E-state index in [4.69, 9.17) is 0 Å². The van der Waals surface area contributed by atoms with Crippen molar-refractivity contribution in [3.05, 3.63) is 83.4 Å². The van der Waals surface area contributed by atoms with Gasteiger partial charge in [0.05, 0.1) is 17.9 Å². The van der Waals surface area contributed by atoms with Crippen molar-refractivity contribution < 1.29 is 14.0 Å². The third kappa shape index (κ3) is 5.16. The van der Waals surface area contributed by atoms with Crippen LogP contribution in [-0.4, -0.2) is 28.1 Å². The van der Waals surface area contributed by atoms with Crippen molar-refractivity contribution in [3.63, 3.8) is 0 Å². The second kappa shape index (κ2) is 8.97. The first-order chi connectivity index (χ1) is 13.9. The van der Waals surface area contributed by atoms with E-state index in [1.54, 1.807) is 35.0 Å². The van der Waals surface area contributed by atoms with Gasteiger partial charge in [0.25, 0.3) is 0 Å². The second-order valence-corrected chi connectivity index (χ2v) is 6.44. The molecule has 7 heteroatoms. The lowest BCUT2D eigenvalue weighted by atomic mass is 10.2. The van der Waals surface area contributed by atoms with Crippen molar-refractivity contribution in [1.82, 2.24) is 15.1 Å². The first kappa shape index (κ1) is 20.0. The van der Waals surface area contributed by atoms with Crippen molar-refractivity contribution in [2.45, 2.75) is 13.8 Å². The minimum atomic E-state index is -0.387. The maximum absolute atomic E-state index is 13.1. The SMILES string of the molecule is Cc1nn(-c2ccc(F)cc2)c(C)c1/C=C/C(=O)NCC(=O)Nc1ccccc1. The van der Waals surface area contributed by atoms with E-state index in [1.807, 2.05) is 32.0 Å². The molecule has 2 N–H and O–H groups in total. The number of nitrogens with one attached hydrogen (secondary N) is 2. The van der Waals surface area contributed by atoms with Gasteiger partial charge in [-0.25, -0.2) is 9.07 Å². The van der Waals surface area contributed by atoms with E-state index < -0.39 is 0 Å². The van der Waals surface area contributed by atoms with E-state index >= 15 is 0 Å². The molecule has 0 bridgehead atoms. The number of benzene rings is 2. The fourth-order valence-corrected chi connectivity index (χ4v) is 2.84. The van der Waals surface area contributed by atoms with Crippen LogP contribution in [0.1, 0.15) is 17.0 Å². The smallest absolute Gasteiger partial charge is 0.244 e. The lowest BCUT2D eigenvalue weighted by Gasteiger charge is -2.05. The molecule has 3 rings (SSSR count). The predicted octanol–water partition coefficient (Wildman–Crippen LogP) is 3.40. The van der Waals surface area contributed by atoms with Gasteiger partial charge in [-0.15, -0.1) is 0 Å². The third-order valence-electron chi connectivity index (χ3n) is 4.30. The molecule has 0 aliphatic carbocycles. The molecule has 0 spiro atoms. The Hall–Kier alpha value is -3.74. The number of aryl methyl sites for hydroxylation is 1. The Kier molecular flexibility index (Phi) is 6.19. The van der Waals surface area contributed by atoms with E-state index in [2.05, 4.69) is 15.7 Å². The summed E-state index contributed by atoms with van der Waals surface area (Å²) >= 11 is 0. The monoisotopic (exact) mass is 392 g/mol. The highest BCUT2D eigenvalue weighted by Crippen LogP contribution is 2.19. The fourth-order valence-electron chi connectivity index (χ4n) is 2.84. The molecule has 0 radical (unpaired) electrons. The third-order valence-corrected chi connectivity index (χ3v) is 4.30. The minimum absolute atomic E-state index is 0.134. The molecule has 0 saturated heterocycles. The molecule has 0 atom stereocenters. The summed E-state index contributed by atoms with van der Waals surface area (Å²) in [5, 5.41) is 9.70. The highest BCUT2D eigenvalue weighted by Gasteiger charge is 2.11. The standard InChI is InChI=1S/C22H21FN4O2/c1-15-20(16(2)27(26-15)19-10-8-17(23)9-11-19)12-13-21(28)24-14-22(29)25-18-6-4-3-5-7-18/h3-13H,14H2,1-2H3,(H,24,28)(H,25,29)/b13-12+. The highest BCUT2D eigenvalue weighted by atomic mass is 19.1. The molecule has 29 heavy (non-hydrogen) atoms. The van der Waals surface area contributed by atoms with Crippen molar-refractivity contribution in [3.8, 4) is 5.69 Å². The number of rotatable bonds is 6. The van der Waals surface area contributed by atoms with Crippen LogP contribution in [0.15, 0.2) is 60.7 Å². The normalized spacial score (nSPS) is 10.9. The maximum atomic E-state index is 13.1. The van der Waals surface area contributed by atoms with Crippen LogP contribution >= 0.6 is 0 Å². The summed E-state index contributed by atoms with van der Waals surface area (Å²) in [5.41, 5.74) is 3.74. The number of aromatic nitrogens is 2. The van der Waals surface area contributed by atoms with Crippen LogP contribution in [0.3, 0.4) is 0 Å². The summed E-state index contributed by atoms with van der Waals surface area (Å²) in [4.78, 5) is 24.0. The number of para-hydroxylation sites is 1. The second-order valence-electron chi connectivity index (χ2n) is 6.44. The summed E-state index contributed by atoms with van der Waals surface area (Å²) in [6, 6.07) is 15.0. The van der Waals surface area contributed by atoms with Crippen LogP contribution in [0.5, 0.6) is 0 Å². The molecule has 1 aromatic heterocycles. The number of hydrogen-bond donors (Lipinski definition) is 2. The van der Waals surface area contributed by atoms with Gasteiger partial charge in [0.15, 0.2) is 0 Å². The van der Waals surface area contributed by atoms with E-state index in [0.717, 1.165) is 22.6 Å². The Morgan fingerprint density at radius 3 is 2.45 bits per heavy atom. The van der Waals surface area contributed by atoms with E-state index in [1.165, 1.54) is 18.2 Å². The van der Waals surface area contributed by atoms with Crippen molar-refractivity contribution in [2.75, 3.05) is 11.9 Å². The molecule has 148 valence electrons. The van der Waals surface area contributed by atoms with Gasteiger partial charge in [-0.1, -0.05) is 18.2 Å². The average Bonchev–Trinajstić information content (AvgIpc) is 3.00. The van der Waals surface area contributed by atoms with E-state index in [0.29, 0.717) is 5.69 Å². The topological polar surface area (TPSA) is 76.0 Å². The van der Waals surface area contributed by atoms with Gasteiger partial charge in [-0.2, -0.15) is 5.10 Å². The number of nitrogens with zero attached hydrogens (tertiary/aromatic N) is 2. The first-order valence-electron chi connectivity index (χ1n) is 9.07. The molecular formula is C22H21FN4O2. The van der Waals surface area contributed by atoms with Crippen LogP contribution in [0.4, 0.5) is 10.1 Å². The fraction of sp³-hybridized carbons (Fsp3) is 0.136. The summed E-state index contributed by atoms with van der Waals surface area (Å²) in [5.74, 6) is -1.01. The van der Waals surface area contributed by atoms with Gasteiger partial charge in [-0.05, 0) is 56.3 Å². The molecule has 2 aromatic carbocycles. The molecule has 0 unspecified atom stereocenters. The number of halogens is 1. The van der Waals surface area contributed by atoms with Crippen molar-refractivity contribution in [2.24, 2.45) is 0 Å². The van der Waals surface area contributed by atoms with Gasteiger partial charge in [0, 0.05) is 23.0 Å². The molecule has 1 heterocycles. The van der Waals surface area contributed by atoms with Crippen LogP contribution in [0.2, 0.25) is 0 Å². The minimum Gasteiger partial charge on any atom is -0.343 e. The highest BCUT2D eigenvalue weighted by molar-refractivity contribution is 5.98. The Morgan fingerprint density at radius 2 is 1.76 bits per heavy atom. The predicted molar refractivity (Wildman–Crippen MR) is 110 cm³/mol. The van der Waals surface area contributed by atoms with Crippen LogP contribution < -0.4 is 10.6 Å². The molecule has 0 aliphatic rings. The molecule has 0 saturated carbocycles. The number of hydrogen-bond acceptors (Lipinski definition) is 3. The van der Waals surface area contributed by atoms with Crippen LogP contribution in [-0.2, 0) is 9.59 Å². The number of anilines is 1. The van der Waals surface area contributed by atoms with Gasteiger partial charge < -0.3 is 10.6 Å². The summed E-state index contributed by atoms with van der Waals surface area (Å²) in [6.45, 7) is 3.57. The lowest BCUT2D eigenvalue weighted by molar-refractivity contribution is -0.121. The Morgan fingerprint density at radius 1 is 1.07 bits per heavy atom. The maximum Gasteiger partial charge on any atom is 0.244 e. The molecule has 6 nitrogen and oxygen atoms in total. The lowest BCUT2D eigenvalue weighted by Crippen LogP contribution is -2.31. The Labute approximate surface area is 168 Å². The quantitative estimate of drug-likeness (QED) is 0.632. The number of carbonyl (C=O) groups excluding carboxylic acids is 2. The molecule has 0 aliphatic heterocycles. The van der Waals surface area contributed by atoms with Crippen molar-refractivity contribution >= 4 is 23.6 Å². The largest absolute Gasteiger partial charge is 0.343 e. The zero-order valence-corrected chi connectivity index (χ0v) is 16.1. The number of amides is 2. The zero-order chi connectivity index (χ0) is 20.8. The summed E-state index contributed by atoms with van der Waals surface area (Å²) in [7, 11) is 0. The Bertz CT molecular complexity index is 1040. The van der Waals surface area contributed by atoms with E-state index in [-0.39, 0.29) is 24.2 Å². The molecule has 2 amide bonds. The number of carbonyl (C=O) groups is 2. The van der Waals surface area contributed by atoms with Crippen LogP contribution in [0, 0.1) is 19.7 Å². The summed E-state index contributed by atoms with van der Waals surface area (Å²) in [6.07, 6.45) is 3.02. The zero-order valence-electron chi connectivity index (χ0n) is 16.1. The molecule has 0 fully saturated rings.